The van der Waals surface area contributed by atoms with Crippen molar-refractivity contribution in [3.63, 3.8) is 0 Å². The highest BCUT2D eigenvalue weighted by Crippen LogP contribution is 2.26. The van der Waals surface area contributed by atoms with Crippen molar-refractivity contribution in [1.82, 2.24) is 0 Å². The number of benzene rings is 2. The zero-order chi connectivity index (χ0) is 20.3. The highest BCUT2D eigenvalue weighted by atomic mass is 16.5. The van der Waals surface area contributed by atoms with Crippen LogP contribution in [0.4, 0.5) is 5.69 Å². The summed E-state index contributed by atoms with van der Waals surface area (Å²) >= 11 is 0. The first-order valence-corrected chi connectivity index (χ1v) is 8.77. The number of nitrogens with zero attached hydrogens (tertiary/aromatic N) is 1. The van der Waals surface area contributed by atoms with Gasteiger partial charge in [-0.2, -0.15) is 0 Å². The molecule has 2 aromatic carbocycles. The molecule has 0 N–H and O–H groups in total. The largest absolute Gasteiger partial charge is 0.497 e. The molecule has 1 unspecified atom stereocenters. The first-order chi connectivity index (χ1) is 13.5. The lowest BCUT2D eigenvalue weighted by molar-refractivity contribution is -0.135. The molecule has 7 nitrogen and oxygen atoms in total. The van der Waals surface area contributed by atoms with Crippen molar-refractivity contribution in [2.45, 2.75) is 6.92 Å². The predicted molar refractivity (Wildman–Crippen MR) is 101 cm³/mol. The number of ketones is 2. The Kier molecular flexibility index (Phi) is 5.54. The van der Waals surface area contributed by atoms with E-state index in [4.69, 9.17) is 9.47 Å². The van der Waals surface area contributed by atoms with E-state index in [2.05, 4.69) is 0 Å². The van der Waals surface area contributed by atoms with Gasteiger partial charge < -0.3 is 14.4 Å². The lowest BCUT2D eigenvalue weighted by Crippen LogP contribution is -2.26. The molecule has 1 saturated heterocycles. The molecule has 2 aromatic rings. The molecule has 1 aliphatic heterocycles. The van der Waals surface area contributed by atoms with Crippen LogP contribution in [0.5, 0.6) is 5.75 Å². The summed E-state index contributed by atoms with van der Waals surface area (Å²) in [6.45, 7) is 1.93. The number of anilines is 1. The summed E-state index contributed by atoms with van der Waals surface area (Å²) in [6, 6.07) is 12.5. The van der Waals surface area contributed by atoms with Crippen LogP contribution in [-0.4, -0.2) is 43.7 Å². The maximum Gasteiger partial charge on any atom is 0.338 e. The van der Waals surface area contributed by atoms with E-state index in [1.54, 1.807) is 43.3 Å². The van der Waals surface area contributed by atoms with Crippen molar-refractivity contribution in [3.05, 3.63) is 59.7 Å². The fraction of sp³-hybridized carbons (Fsp3) is 0.238. The highest BCUT2D eigenvalue weighted by molar-refractivity contribution is 6.48. The summed E-state index contributed by atoms with van der Waals surface area (Å²) in [6.07, 6.45) is 0. The third kappa shape index (κ3) is 3.64. The third-order valence-corrected chi connectivity index (χ3v) is 4.52. The topological polar surface area (TPSA) is 90.0 Å². The van der Waals surface area contributed by atoms with Gasteiger partial charge in [0.15, 0.2) is 5.78 Å². The number of rotatable bonds is 6. The number of ether oxygens (including phenoxy) is 2. The van der Waals surface area contributed by atoms with Crippen molar-refractivity contribution in [3.8, 4) is 5.75 Å². The van der Waals surface area contributed by atoms with Crippen molar-refractivity contribution >= 4 is 29.1 Å². The summed E-state index contributed by atoms with van der Waals surface area (Å²) in [5.41, 5.74) is 1.12. The van der Waals surface area contributed by atoms with Crippen LogP contribution in [0.3, 0.4) is 0 Å². The lowest BCUT2D eigenvalue weighted by Gasteiger charge is -2.15. The van der Waals surface area contributed by atoms with Crippen LogP contribution in [-0.2, 0) is 14.3 Å². The van der Waals surface area contributed by atoms with Gasteiger partial charge in [0.25, 0.3) is 5.91 Å². The van der Waals surface area contributed by atoms with Gasteiger partial charge in [0.05, 0.1) is 19.3 Å². The van der Waals surface area contributed by atoms with Gasteiger partial charge in [0, 0.05) is 17.8 Å². The van der Waals surface area contributed by atoms with Gasteiger partial charge in [0.2, 0.25) is 5.78 Å². The molecule has 1 aliphatic rings. The minimum absolute atomic E-state index is 0.0404. The number of hydrogen-bond acceptors (Lipinski definition) is 6. The molecule has 1 heterocycles. The Hall–Kier alpha value is -3.48. The van der Waals surface area contributed by atoms with Gasteiger partial charge in [0.1, 0.15) is 11.7 Å². The van der Waals surface area contributed by atoms with Crippen LogP contribution in [0.15, 0.2) is 48.5 Å². The van der Waals surface area contributed by atoms with Crippen LogP contribution >= 0.6 is 0 Å². The highest BCUT2D eigenvalue weighted by Gasteiger charge is 2.43. The minimum Gasteiger partial charge on any atom is -0.497 e. The monoisotopic (exact) mass is 381 g/mol. The summed E-state index contributed by atoms with van der Waals surface area (Å²) in [5, 5.41) is 0. The van der Waals surface area contributed by atoms with Gasteiger partial charge in [-0.05, 0) is 55.5 Å². The lowest BCUT2D eigenvalue weighted by atomic mass is 9.96. The predicted octanol–water partition coefficient (Wildman–Crippen LogP) is 2.29. The first kappa shape index (κ1) is 19.3. The van der Waals surface area contributed by atoms with E-state index in [0.29, 0.717) is 22.6 Å². The number of methoxy groups -OCH3 is 1. The zero-order valence-electron chi connectivity index (χ0n) is 15.5. The van der Waals surface area contributed by atoms with Gasteiger partial charge in [-0.15, -0.1) is 0 Å². The molecule has 0 saturated carbocycles. The van der Waals surface area contributed by atoms with E-state index >= 15 is 0 Å². The average molecular weight is 381 g/mol. The average Bonchev–Trinajstić information content (AvgIpc) is 3.02. The van der Waals surface area contributed by atoms with Crippen molar-refractivity contribution in [2.24, 2.45) is 5.92 Å². The van der Waals surface area contributed by atoms with Crippen LogP contribution in [0.2, 0.25) is 0 Å². The van der Waals surface area contributed by atoms with Crippen LogP contribution in [0.1, 0.15) is 27.6 Å². The van der Waals surface area contributed by atoms with E-state index in [0.717, 1.165) is 0 Å². The number of esters is 1. The number of hydrogen-bond donors (Lipinski definition) is 0. The molecular formula is C21H19NO6. The van der Waals surface area contributed by atoms with Crippen molar-refractivity contribution < 1.29 is 28.7 Å². The Labute approximate surface area is 161 Å². The molecule has 144 valence electrons. The smallest absolute Gasteiger partial charge is 0.338 e. The molecule has 1 amide bonds. The Balaban J connectivity index is 1.78. The summed E-state index contributed by atoms with van der Waals surface area (Å²) in [4.78, 5) is 50.4. The number of carbonyl (C=O) groups excluding carboxylic acids is 4. The third-order valence-electron chi connectivity index (χ3n) is 4.52. The fourth-order valence-electron chi connectivity index (χ4n) is 3.00. The normalized spacial score (nSPS) is 16.2. The maximum absolute atomic E-state index is 12.7. The quantitative estimate of drug-likeness (QED) is 0.330. The molecule has 0 aliphatic carbocycles. The Morgan fingerprint density at radius 3 is 2.18 bits per heavy atom. The van der Waals surface area contributed by atoms with Crippen molar-refractivity contribution in [2.75, 3.05) is 25.2 Å². The first-order valence-electron chi connectivity index (χ1n) is 8.77. The molecule has 28 heavy (non-hydrogen) atoms. The van der Waals surface area contributed by atoms with Crippen LogP contribution in [0, 0.1) is 5.92 Å². The Bertz CT molecular complexity index is 917. The van der Waals surface area contributed by atoms with E-state index in [1.807, 2.05) is 0 Å². The standard InChI is InChI=1S/C21H19NO6/c1-3-28-21(26)14-4-8-15(9-5-14)22-12-17(19(24)20(22)25)18(23)13-6-10-16(27-2)11-7-13/h4-11,17H,3,12H2,1-2H3. The molecule has 3 rings (SSSR count). The van der Waals surface area contributed by atoms with E-state index < -0.39 is 29.4 Å². The zero-order valence-corrected chi connectivity index (χ0v) is 15.5. The molecule has 0 radical (unpaired) electrons. The second kappa shape index (κ2) is 8.04. The second-order valence-corrected chi connectivity index (χ2v) is 6.19. The molecule has 0 spiro atoms. The number of Topliss-reactive ketones (excluding diaryl/α,β-unsaturated/α-hetero) is 2. The second-order valence-electron chi connectivity index (χ2n) is 6.19. The van der Waals surface area contributed by atoms with Gasteiger partial charge in [-0.1, -0.05) is 0 Å². The van der Waals surface area contributed by atoms with E-state index in [-0.39, 0.29) is 13.2 Å². The number of carbonyl (C=O) groups is 4. The summed E-state index contributed by atoms with van der Waals surface area (Å²) in [5.74, 6) is -2.83. The van der Waals surface area contributed by atoms with Gasteiger partial charge in [-0.3, -0.25) is 14.4 Å². The molecule has 1 atom stereocenters. The van der Waals surface area contributed by atoms with Crippen LogP contribution < -0.4 is 9.64 Å². The molecule has 0 bridgehead atoms. The van der Waals surface area contributed by atoms with Crippen molar-refractivity contribution in [1.29, 1.82) is 0 Å². The van der Waals surface area contributed by atoms with E-state index in [1.165, 1.54) is 24.1 Å². The van der Waals surface area contributed by atoms with Crippen LogP contribution in [0.25, 0.3) is 0 Å². The molecule has 0 aromatic heterocycles. The summed E-state index contributed by atoms with van der Waals surface area (Å²) < 4.78 is 9.97. The Morgan fingerprint density at radius 2 is 1.61 bits per heavy atom. The molecular weight excluding hydrogens is 362 g/mol. The Morgan fingerprint density at radius 1 is 1.00 bits per heavy atom. The maximum atomic E-state index is 12.7. The van der Waals surface area contributed by atoms with Gasteiger partial charge >= 0.3 is 5.97 Å². The summed E-state index contributed by atoms with van der Waals surface area (Å²) in [7, 11) is 1.51. The molecule has 7 heteroatoms. The van der Waals surface area contributed by atoms with E-state index in [9.17, 15) is 19.2 Å². The fourth-order valence-corrected chi connectivity index (χ4v) is 3.00. The SMILES string of the molecule is CCOC(=O)c1ccc(N2CC(C(=O)c3ccc(OC)cc3)C(=O)C2=O)cc1. The molecule has 1 fully saturated rings. The van der Waals surface area contributed by atoms with Gasteiger partial charge in [-0.25, -0.2) is 4.79 Å². The minimum atomic E-state index is -1.06. The number of amides is 1.